The van der Waals surface area contributed by atoms with Crippen molar-refractivity contribution in [3.8, 4) is 0 Å². The Morgan fingerprint density at radius 1 is 1.24 bits per heavy atom. The van der Waals surface area contributed by atoms with Crippen LogP contribution in [0.2, 0.25) is 0 Å². The van der Waals surface area contributed by atoms with E-state index in [1.807, 2.05) is 17.0 Å². The van der Waals surface area contributed by atoms with Crippen molar-refractivity contribution in [1.82, 2.24) is 4.90 Å². The van der Waals surface area contributed by atoms with E-state index >= 15 is 0 Å². The molecule has 2 fully saturated rings. The van der Waals surface area contributed by atoms with Gasteiger partial charge in [-0.1, -0.05) is 0 Å². The zero-order valence-electron chi connectivity index (χ0n) is 11.8. The number of hydrogen-bond acceptors (Lipinski definition) is 4. The third-order valence-electron chi connectivity index (χ3n) is 4.71. The first kappa shape index (κ1) is 12.5. The Labute approximate surface area is 122 Å². The number of benzene rings is 1. The van der Waals surface area contributed by atoms with Crippen molar-refractivity contribution in [3.63, 3.8) is 0 Å². The summed E-state index contributed by atoms with van der Waals surface area (Å²) in [5, 5.41) is 2.87. The largest absolute Gasteiger partial charge is 0.397 e. The molecule has 0 aromatic heterocycles. The van der Waals surface area contributed by atoms with E-state index in [1.165, 1.54) is 0 Å². The van der Waals surface area contributed by atoms with Crippen molar-refractivity contribution >= 4 is 28.9 Å². The summed E-state index contributed by atoms with van der Waals surface area (Å²) >= 11 is 0. The molecular weight excluding hydrogens is 268 g/mol. The van der Waals surface area contributed by atoms with Crippen LogP contribution in [0.1, 0.15) is 18.4 Å². The number of hydrogen-bond donors (Lipinski definition) is 2. The Hall–Kier alpha value is -2.24. The molecule has 3 aliphatic heterocycles. The van der Waals surface area contributed by atoms with E-state index < -0.39 is 0 Å². The van der Waals surface area contributed by atoms with Crippen LogP contribution in [0.5, 0.6) is 0 Å². The summed E-state index contributed by atoms with van der Waals surface area (Å²) in [6.07, 6.45) is 2.00. The molecule has 2 amide bonds. The average molecular weight is 286 g/mol. The van der Waals surface area contributed by atoms with Crippen LogP contribution in [-0.4, -0.2) is 42.4 Å². The highest BCUT2D eigenvalue weighted by atomic mass is 16.2. The van der Waals surface area contributed by atoms with Gasteiger partial charge in [-0.25, -0.2) is 0 Å². The zero-order valence-corrected chi connectivity index (χ0v) is 11.8. The van der Waals surface area contributed by atoms with E-state index in [-0.39, 0.29) is 11.8 Å². The number of rotatable bonds is 1. The van der Waals surface area contributed by atoms with E-state index in [2.05, 4.69) is 10.2 Å². The molecule has 1 atom stereocenters. The number of carbonyl (C=O) groups excluding carboxylic acids is 2. The molecule has 6 heteroatoms. The summed E-state index contributed by atoms with van der Waals surface area (Å²) in [6.45, 7) is 2.37. The molecule has 1 unspecified atom stereocenters. The Bertz CT molecular complexity index is 643. The molecule has 2 saturated heterocycles. The molecule has 110 valence electrons. The van der Waals surface area contributed by atoms with E-state index in [1.54, 1.807) is 0 Å². The minimum absolute atomic E-state index is 0.0211. The van der Waals surface area contributed by atoms with E-state index in [4.69, 9.17) is 5.73 Å². The van der Waals surface area contributed by atoms with Crippen molar-refractivity contribution in [2.75, 3.05) is 35.6 Å². The van der Waals surface area contributed by atoms with Gasteiger partial charge in [0.1, 0.15) is 0 Å². The van der Waals surface area contributed by atoms with Gasteiger partial charge < -0.3 is 20.9 Å². The van der Waals surface area contributed by atoms with Crippen LogP contribution in [0.25, 0.3) is 0 Å². The number of carbonyl (C=O) groups is 2. The number of nitrogens with two attached hydrogens (primary N) is 1. The third-order valence-corrected chi connectivity index (χ3v) is 4.71. The molecule has 0 aliphatic carbocycles. The van der Waals surface area contributed by atoms with Crippen LogP contribution in [0.3, 0.4) is 0 Å². The van der Waals surface area contributed by atoms with Gasteiger partial charge in [0.05, 0.1) is 17.8 Å². The van der Waals surface area contributed by atoms with Crippen molar-refractivity contribution in [2.24, 2.45) is 0 Å². The summed E-state index contributed by atoms with van der Waals surface area (Å²) < 4.78 is 0. The quantitative estimate of drug-likeness (QED) is 0.740. The number of nitrogens with one attached hydrogen (secondary N) is 1. The minimum atomic E-state index is 0.0211. The van der Waals surface area contributed by atoms with Gasteiger partial charge in [0, 0.05) is 37.8 Å². The molecular formula is C15H18N4O2. The molecule has 4 rings (SSSR count). The highest BCUT2D eigenvalue weighted by Gasteiger charge is 2.36. The molecule has 0 radical (unpaired) electrons. The molecule has 3 heterocycles. The third kappa shape index (κ3) is 1.93. The smallest absolute Gasteiger partial charge is 0.228 e. The molecule has 1 aromatic rings. The van der Waals surface area contributed by atoms with Gasteiger partial charge in [-0.15, -0.1) is 0 Å². The summed E-state index contributed by atoms with van der Waals surface area (Å²) in [4.78, 5) is 27.4. The Balaban J connectivity index is 1.61. The normalized spacial score (nSPS) is 24.1. The molecule has 6 nitrogen and oxygen atoms in total. The number of amides is 2. The van der Waals surface area contributed by atoms with Gasteiger partial charge in [0.15, 0.2) is 0 Å². The fourth-order valence-electron chi connectivity index (χ4n) is 3.64. The molecule has 1 aromatic carbocycles. The first-order valence-electron chi connectivity index (χ1n) is 7.38. The summed E-state index contributed by atoms with van der Waals surface area (Å²) in [7, 11) is 0. The number of piperazine rings is 1. The lowest BCUT2D eigenvalue weighted by atomic mass is 10.1. The molecule has 0 spiro atoms. The first-order chi connectivity index (χ1) is 10.1. The molecule has 21 heavy (non-hydrogen) atoms. The molecule has 3 N–H and O–H groups in total. The van der Waals surface area contributed by atoms with Crippen LogP contribution in [0.15, 0.2) is 12.1 Å². The lowest BCUT2D eigenvalue weighted by Gasteiger charge is -2.39. The molecule has 3 aliphatic rings. The predicted molar refractivity (Wildman–Crippen MR) is 80.1 cm³/mol. The highest BCUT2D eigenvalue weighted by molar-refractivity contribution is 6.01. The standard InChI is InChI=1S/C15H18N4O2/c16-11-5-9-6-14(20)17-12(9)7-13(11)18-3-4-19-10(8-18)1-2-15(19)21/h5,7,10H,1-4,6,8,16H2,(H,17,20). The number of fused-ring (bicyclic) bond motifs is 2. The number of nitrogen functional groups attached to an aromatic ring is 1. The summed E-state index contributed by atoms with van der Waals surface area (Å²) in [6, 6.07) is 4.17. The Kier molecular flexibility index (Phi) is 2.60. The van der Waals surface area contributed by atoms with Crippen LogP contribution in [0.4, 0.5) is 17.1 Å². The molecule has 0 bridgehead atoms. The first-order valence-corrected chi connectivity index (χ1v) is 7.38. The lowest BCUT2D eigenvalue weighted by Crippen LogP contribution is -2.51. The molecule has 0 saturated carbocycles. The second kappa shape index (κ2) is 4.38. The maximum Gasteiger partial charge on any atom is 0.228 e. The van der Waals surface area contributed by atoms with Crippen molar-refractivity contribution in [3.05, 3.63) is 17.7 Å². The van der Waals surface area contributed by atoms with Crippen molar-refractivity contribution < 1.29 is 9.59 Å². The van der Waals surface area contributed by atoms with Crippen LogP contribution < -0.4 is 16.0 Å². The van der Waals surface area contributed by atoms with Gasteiger partial charge in [0.25, 0.3) is 0 Å². The minimum Gasteiger partial charge on any atom is -0.397 e. The predicted octanol–water partition coefficient (Wildman–Crippen LogP) is 0.574. The maximum atomic E-state index is 11.7. The van der Waals surface area contributed by atoms with Crippen LogP contribution in [0, 0.1) is 0 Å². The van der Waals surface area contributed by atoms with Gasteiger partial charge in [-0.2, -0.15) is 0 Å². The highest BCUT2D eigenvalue weighted by Crippen LogP contribution is 2.35. The second-order valence-corrected chi connectivity index (χ2v) is 6.02. The number of nitrogens with zero attached hydrogens (tertiary/aromatic N) is 2. The number of anilines is 3. The second-order valence-electron chi connectivity index (χ2n) is 6.02. The van der Waals surface area contributed by atoms with Gasteiger partial charge in [0.2, 0.25) is 11.8 Å². The SMILES string of the molecule is Nc1cc2c(cc1N1CCN3C(=O)CCC3C1)NC(=O)C2. The summed E-state index contributed by atoms with van der Waals surface area (Å²) in [5.74, 6) is 0.293. The van der Waals surface area contributed by atoms with Gasteiger partial charge in [-0.3, -0.25) is 9.59 Å². The van der Waals surface area contributed by atoms with E-state index in [0.29, 0.717) is 24.6 Å². The fraction of sp³-hybridized carbons (Fsp3) is 0.467. The van der Waals surface area contributed by atoms with Gasteiger partial charge >= 0.3 is 0 Å². The zero-order chi connectivity index (χ0) is 14.6. The monoisotopic (exact) mass is 286 g/mol. The van der Waals surface area contributed by atoms with Crippen molar-refractivity contribution in [2.45, 2.75) is 25.3 Å². The topological polar surface area (TPSA) is 78.7 Å². The lowest BCUT2D eigenvalue weighted by molar-refractivity contribution is -0.129. The van der Waals surface area contributed by atoms with Crippen LogP contribution in [-0.2, 0) is 16.0 Å². The maximum absolute atomic E-state index is 11.7. The average Bonchev–Trinajstić information content (AvgIpc) is 3.00. The summed E-state index contributed by atoms with van der Waals surface area (Å²) in [5.41, 5.74) is 9.69. The Morgan fingerprint density at radius 2 is 2.10 bits per heavy atom. The van der Waals surface area contributed by atoms with E-state index in [9.17, 15) is 9.59 Å². The van der Waals surface area contributed by atoms with Crippen LogP contribution >= 0.6 is 0 Å². The van der Waals surface area contributed by atoms with Crippen molar-refractivity contribution in [1.29, 1.82) is 0 Å². The van der Waals surface area contributed by atoms with Gasteiger partial charge in [-0.05, 0) is 24.1 Å². The Morgan fingerprint density at radius 3 is 2.95 bits per heavy atom. The fourth-order valence-corrected chi connectivity index (χ4v) is 3.64. The van der Waals surface area contributed by atoms with E-state index in [0.717, 1.165) is 43.0 Å².